The largest absolute Gasteiger partial charge is 0.478 e. The van der Waals surface area contributed by atoms with Crippen LogP contribution < -0.4 is 4.90 Å². The Morgan fingerprint density at radius 2 is 1.72 bits per heavy atom. The van der Waals surface area contributed by atoms with E-state index in [0.717, 1.165) is 5.69 Å². The molecule has 92 valence electrons. The molecule has 5 heteroatoms. The topological polar surface area (TPSA) is 66.3 Å². The van der Waals surface area contributed by atoms with E-state index in [2.05, 4.69) is 9.97 Å². The highest BCUT2D eigenvalue weighted by molar-refractivity contribution is 5.86. The Morgan fingerprint density at radius 1 is 1.17 bits per heavy atom. The van der Waals surface area contributed by atoms with Gasteiger partial charge in [-0.05, 0) is 19.1 Å². The van der Waals surface area contributed by atoms with Crippen molar-refractivity contribution in [2.24, 2.45) is 0 Å². The molecule has 0 amide bonds. The molecule has 1 aromatic heterocycles. The Bertz CT molecular complexity index is 549. The summed E-state index contributed by atoms with van der Waals surface area (Å²) < 4.78 is 0. The average Bonchev–Trinajstić information content (AvgIpc) is 2.39. The maximum atomic E-state index is 10.7. The first-order valence-electron chi connectivity index (χ1n) is 5.43. The Morgan fingerprint density at radius 3 is 2.22 bits per heavy atom. The standard InChI is InChI=1S/C13H13N3O2/c1-9-3-5-11(6-4-9)16(2)13-14-7-10(8-15-13)12(17)18/h3-8H,1-2H3,(H,17,18). The number of hydrogen-bond donors (Lipinski definition) is 1. The summed E-state index contributed by atoms with van der Waals surface area (Å²) in [7, 11) is 1.83. The maximum absolute atomic E-state index is 10.7. The van der Waals surface area contributed by atoms with Gasteiger partial charge in [0.25, 0.3) is 0 Å². The number of nitrogens with zero attached hydrogens (tertiary/aromatic N) is 3. The van der Waals surface area contributed by atoms with Gasteiger partial charge in [-0.3, -0.25) is 0 Å². The molecule has 0 spiro atoms. The van der Waals surface area contributed by atoms with E-state index in [1.165, 1.54) is 18.0 Å². The quantitative estimate of drug-likeness (QED) is 0.895. The van der Waals surface area contributed by atoms with Gasteiger partial charge in [0, 0.05) is 25.1 Å². The lowest BCUT2D eigenvalue weighted by atomic mass is 10.2. The van der Waals surface area contributed by atoms with E-state index >= 15 is 0 Å². The van der Waals surface area contributed by atoms with Crippen LogP contribution in [0.3, 0.4) is 0 Å². The zero-order chi connectivity index (χ0) is 13.1. The smallest absolute Gasteiger partial charge is 0.338 e. The van der Waals surface area contributed by atoms with Gasteiger partial charge in [-0.25, -0.2) is 14.8 Å². The minimum absolute atomic E-state index is 0.0797. The molecule has 0 aliphatic carbocycles. The van der Waals surface area contributed by atoms with Crippen molar-refractivity contribution >= 4 is 17.6 Å². The summed E-state index contributed by atoms with van der Waals surface area (Å²) in [5.74, 6) is -0.566. The molecule has 0 saturated heterocycles. The van der Waals surface area contributed by atoms with Crippen molar-refractivity contribution in [2.45, 2.75) is 6.92 Å². The van der Waals surface area contributed by atoms with Crippen molar-refractivity contribution in [3.8, 4) is 0 Å². The zero-order valence-corrected chi connectivity index (χ0v) is 10.2. The summed E-state index contributed by atoms with van der Waals surface area (Å²) >= 11 is 0. The summed E-state index contributed by atoms with van der Waals surface area (Å²) in [6, 6.07) is 7.92. The van der Waals surface area contributed by atoms with E-state index in [0.29, 0.717) is 5.95 Å². The van der Waals surface area contributed by atoms with Gasteiger partial charge in [-0.2, -0.15) is 0 Å². The number of aryl methyl sites for hydroxylation is 1. The molecule has 0 bridgehead atoms. The van der Waals surface area contributed by atoms with Crippen LogP contribution in [0, 0.1) is 6.92 Å². The number of rotatable bonds is 3. The third-order valence-electron chi connectivity index (χ3n) is 2.61. The monoisotopic (exact) mass is 243 g/mol. The Hall–Kier alpha value is -2.43. The van der Waals surface area contributed by atoms with Crippen molar-refractivity contribution in [1.29, 1.82) is 0 Å². The van der Waals surface area contributed by atoms with E-state index in [-0.39, 0.29) is 5.56 Å². The zero-order valence-electron chi connectivity index (χ0n) is 10.2. The molecule has 0 saturated carbocycles. The SMILES string of the molecule is Cc1ccc(N(C)c2ncc(C(=O)O)cn2)cc1. The van der Waals surface area contributed by atoms with Crippen LogP contribution in [-0.4, -0.2) is 28.1 Å². The number of aromatic carboxylic acids is 1. The second-order valence-electron chi connectivity index (χ2n) is 3.97. The number of hydrogen-bond acceptors (Lipinski definition) is 4. The van der Waals surface area contributed by atoms with Crippen LogP contribution in [0.25, 0.3) is 0 Å². The van der Waals surface area contributed by atoms with Crippen molar-refractivity contribution in [3.05, 3.63) is 47.8 Å². The van der Waals surface area contributed by atoms with E-state index in [4.69, 9.17) is 5.11 Å². The van der Waals surface area contributed by atoms with Gasteiger partial charge in [0.1, 0.15) is 0 Å². The first-order valence-corrected chi connectivity index (χ1v) is 5.43. The summed E-state index contributed by atoms with van der Waals surface area (Å²) in [4.78, 5) is 20.6. The number of anilines is 2. The number of carboxylic acid groups (broad SMARTS) is 1. The molecule has 0 aliphatic rings. The highest BCUT2D eigenvalue weighted by Crippen LogP contribution is 2.19. The molecule has 1 N–H and O–H groups in total. The second kappa shape index (κ2) is 4.83. The van der Waals surface area contributed by atoms with Crippen LogP contribution in [0.4, 0.5) is 11.6 Å². The summed E-state index contributed by atoms with van der Waals surface area (Å²) in [6.07, 6.45) is 2.60. The van der Waals surface area contributed by atoms with Gasteiger partial charge >= 0.3 is 5.97 Å². The Labute approximate surface area is 105 Å². The lowest BCUT2D eigenvalue weighted by Crippen LogP contribution is -2.13. The summed E-state index contributed by atoms with van der Waals surface area (Å²) in [6.45, 7) is 2.02. The van der Waals surface area contributed by atoms with Crippen LogP contribution in [0.5, 0.6) is 0 Å². The normalized spacial score (nSPS) is 10.1. The van der Waals surface area contributed by atoms with Crippen LogP contribution in [0.1, 0.15) is 15.9 Å². The van der Waals surface area contributed by atoms with Gasteiger partial charge in [0.15, 0.2) is 0 Å². The molecule has 0 unspecified atom stereocenters. The molecule has 1 heterocycles. The molecule has 0 atom stereocenters. The van der Waals surface area contributed by atoms with Gasteiger partial charge in [-0.15, -0.1) is 0 Å². The highest BCUT2D eigenvalue weighted by atomic mass is 16.4. The average molecular weight is 243 g/mol. The van der Waals surface area contributed by atoms with E-state index in [1.54, 1.807) is 4.90 Å². The van der Waals surface area contributed by atoms with E-state index in [9.17, 15) is 4.79 Å². The molecule has 2 rings (SSSR count). The number of carbonyl (C=O) groups is 1. The number of aromatic nitrogens is 2. The molecule has 0 aliphatic heterocycles. The predicted molar refractivity (Wildman–Crippen MR) is 68.2 cm³/mol. The third-order valence-corrected chi connectivity index (χ3v) is 2.61. The second-order valence-corrected chi connectivity index (χ2v) is 3.97. The molecule has 18 heavy (non-hydrogen) atoms. The first kappa shape index (κ1) is 12.0. The highest BCUT2D eigenvalue weighted by Gasteiger charge is 2.08. The molecule has 0 radical (unpaired) electrons. The molecule has 1 aromatic carbocycles. The maximum Gasteiger partial charge on any atom is 0.338 e. The van der Waals surface area contributed by atoms with Gasteiger partial charge < -0.3 is 10.0 Å². The summed E-state index contributed by atoms with van der Waals surface area (Å²) in [5, 5.41) is 8.77. The van der Waals surface area contributed by atoms with Crippen molar-refractivity contribution in [2.75, 3.05) is 11.9 Å². The Kier molecular flexibility index (Phi) is 3.23. The molecular formula is C13H13N3O2. The first-order chi connectivity index (χ1) is 8.58. The van der Waals surface area contributed by atoms with Gasteiger partial charge in [0.2, 0.25) is 5.95 Å². The number of carboxylic acids is 1. The Balaban J connectivity index is 2.25. The van der Waals surface area contributed by atoms with Crippen LogP contribution in [0.2, 0.25) is 0 Å². The molecular weight excluding hydrogens is 230 g/mol. The minimum atomic E-state index is -1.03. The van der Waals surface area contributed by atoms with Crippen LogP contribution in [0.15, 0.2) is 36.7 Å². The lowest BCUT2D eigenvalue weighted by molar-refractivity contribution is 0.0696. The fourth-order valence-corrected chi connectivity index (χ4v) is 1.49. The van der Waals surface area contributed by atoms with Crippen molar-refractivity contribution in [3.63, 3.8) is 0 Å². The predicted octanol–water partition coefficient (Wildman–Crippen LogP) is 2.25. The minimum Gasteiger partial charge on any atom is -0.478 e. The van der Waals surface area contributed by atoms with Gasteiger partial charge in [-0.1, -0.05) is 17.7 Å². The molecule has 0 fully saturated rings. The van der Waals surface area contributed by atoms with Crippen LogP contribution >= 0.6 is 0 Å². The fourth-order valence-electron chi connectivity index (χ4n) is 1.49. The summed E-state index contributed by atoms with van der Waals surface area (Å²) in [5.41, 5.74) is 2.20. The third kappa shape index (κ3) is 2.45. The number of benzene rings is 1. The van der Waals surface area contributed by atoms with E-state index < -0.39 is 5.97 Å². The van der Waals surface area contributed by atoms with Crippen LogP contribution in [-0.2, 0) is 0 Å². The van der Waals surface area contributed by atoms with Crippen molar-refractivity contribution in [1.82, 2.24) is 9.97 Å². The van der Waals surface area contributed by atoms with Crippen molar-refractivity contribution < 1.29 is 9.90 Å². The molecule has 2 aromatic rings. The van der Waals surface area contributed by atoms with Gasteiger partial charge in [0.05, 0.1) is 5.56 Å². The fraction of sp³-hybridized carbons (Fsp3) is 0.154. The lowest BCUT2D eigenvalue weighted by Gasteiger charge is -2.16. The van der Waals surface area contributed by atoms with E-state index in [1.807, 2.05) is 38.2 Å². The molecule has 5 nitrogen and oxygen atoms in total.